The third-order valence-corrected chi connectivity index (χ3v) is 3.29. The van der Waals surface area contributed by atoms with Crippen molar-refractivity contribution >= 4 is 35.1 Å². The molecular weight excluding hydrogens is 301 g/mol. The monoisotopic (exact) mass is 313 g/mol. The smallest absolute Gasteiger partial charge is 0.244 e. The van der Waals surface area contributed by atoms with Crippen LogP contribution in [0.1, 0.15) is 5.56 Å². The highest BCUT2D eigenvalue weighted by Gasteiger charge is 2.12. The number of nitrogens with two attached hydrogens (primary N) is 1. The van der Waals surface area contributed by atoms with Crippen molar-refractivity contribution in [3.8, 4) is 0 Å². The fourth-order valence-corrected chi connectivity index (χ4v) is 2.11. The first kappa shape index (κ1) is 14.6. The predicted octanol–water partition coefficient (Wildman–Crippen LogP) is 1.83. The van der Waals surface area contributed by atoms with Gasteiger partial charge >= 0.3 is 0 Å². The van der Waals surface area contributed by atoms with Gasteiger partial charge in [-0.15, -0.1) is 5.10 Å². The van der Waals surface area contributed by atoms with E-state index in [1.165, 1.54) is 11.0 Å². The van der Waals surface area contributed by atoms with Gasteiger partial charge in [0.15, 0.2) is 0 Å². The van der Waals surface area contributed by atoms with Gasteiger partial charge in [0.1, 0.15) is 12.9 Å². The predicted molar refractivity (Wildman–Crippen MR) is 77.4 cm³/mol. The lowest BCUT2D eigenvalue weighted by molar-refractivity contribution is -0.131. The van der Waals surface area contributed by atoms with Crippen LogP contribution in [0.15, 0.2) is 24.5 Å². The number of halogens is 2. The van der Waals surface area contributed by atoms with Gasteiger partial charge in [-0.05, 0) is 17.7 Å². The first-order valence-electron chi connectivity index (χ1n) is 5.78. The number of rotatable bonds is 4. The minimum Gasteiger partial charge on any atom is -0.367 e. The average Bonchev–Trinajstić information content (AvgIpc) is 2.78. The highest BCUT2D eigenvalue weighted by atomic mass is 35.5. The summed E-state index contributed by atoms with van der Waals surface area (Å²) in [7, 11) is 1.69. The fourth-order valence-electron chi connectivity index (χ4n) is 1.64. The SMILES string of the molecule is CN(Cc1ccc(Cl)cc1Cl)C(=O)Cn1cnc(N)n1. The molecule has 2 N–H and O–H groups in total. The molecule has 0 fully saturated rings. The van der Waals surface area contributed by atoms with Crippen LogP contribution >= 0.6 is 23.2 Å². The molecule has 2 aromatic rings. The number of aromatic nitrogens is 3. The van der Waals surface area contributed by atoms with E-state index in [0.29, 0.717) is 16.6 Å². The van der Waals surface area contributed by atoms with Gasteiger partial charge in [0.2, 0.25) is 11.9 Å². The van der Waals surface area contributed by atoms with Crippen molar-refractivity contribution in [2.45, 2.75) is 13.1 Å². The van der Waals surface area contributed by atoms with Gasteiger partial charge in [0, 0.05) is 23.6 Å². The van der Waals surface area contributed by atoms with E-state index >= 15 is 0 Å². The molecule has 1 amide bonds. The van der Waals surface area contributed by atoms with Gasteiger partial charge in [-0.3, -0.25) is 4.79 Å². The van der Waals surface area contributed by atoms with Crippen LogP contribution in [0.5, 0.6) is 0 Å². The Labute approximate surface area is 126 Å². The summed E-state index contributed by atoms with van der Waals surface area (Å²) in [4.78, 5) is 17.3. The lowest BCUT2D eigenvalue weighted by Crippen LogP contribution is -2.30. The van der Waals surface area contributed by atoms with Crippen molar-refractivity contribution in [2.24, 2.45) is 0 Å². The van der Waals surface area contributed by atoms with Crippen molar-refractivity contribution in [3.63, 3.8) is 0 Å². The van der Waals surface area contributed by atoms with Crippen molar-refractivity contribution in [2.75, 3.05) is 12.8 Å². The summed E-state index contributed by atoms with van der Waals surface area (Å²) in [5.41, 5.74) is 6.21. The van der Waals surface area contributed by atoms with Gasteiger partial charge < -0.3 is 10.6 Å². The Morgan fingerprint density at radius 3 is 2.80 bits per heavy atom. The number of anilines is 1. The number of amides is 1. The molecule has 20 heavy (non-hydrogen) atoms. The Balaban J connectivity index is 2.00. The quantitative estimate of drug-likeness (QED) is 0.934. The van der Waals surface area contributed by atoms with Crippen LogP contribution in [0.25, 0.3) is 0 Å². The van der Waals surface area contributed by atoms with Crippen LogP contribution in [0.3, 0.4) is 0 Å². The van der Waals surface area contributed by atoms with E-state index in [9.17, 15) is 4.79 Å². The number of likely N-dealkylation sites (N-methyl/N-ethyl adjacent to an activating group) is 1. The second-order valence-corrected chi connectivity index (χ2v) is 5.13. The van der Waals surface area contributed by atoms with E-state index in [-0.39, 0.29) is 18.4 Å². The number of nitrogen functional groups attached to an aromatic ring is 1. The molecule has 0 aliphatic heterocycles. The highest BCUT2D eigenvalue weighted by molar-refractivity contribution is 6.35. The number of nitrogens with zero attached hydrogens (tertiary/aromatic N) is 4. The maximum Gasteiger partial charge on any atom is 0.244 e. The zero-order valence-electron chi connectivity index (χ0n) is 10.8. The third kappa shape index (κ3) is 3.61. The second kappa shape index (κ2) is 6.11. The van der Waals surface area contributed by atoms with E-state index in [1.807, 2.05) is 0 Å². The number of carbonyl (C=O) groups is 1. The number of hydrogen-bond donors (Lipinski definition) is 1. The van der Waals surface area contributed by atoms with Crippen LogP contribution in [-0.2, 0) is 17.9 Å². The summed E-state index contributed by atoms with van der Waals surface area (Å²) >= 11 is 11.9. The van der Waals surface area contributed by atoms with Crippen LogP contribution in [-0.4, -0.2) is 32.6 Å². The number of carbonyl (C=O) groups excluding carboxylic acids is 1. The molecule has 0 saturated carbocycles. The molecule has 0 aliphatic rings. The molecule has 1 aromatic heterocycles. The summed E-state index contributed by atoms with van der Waals surface area (Å²) in [5.74, 6) is 0.0158. The lowest BCUT2D eigenvalue weighted by Gasteiger charge is -2.18. The number of benzene rings is 1. The minimum absolute atomic E-state index is 0.0753. The molecule has 2 rings (SSSR count). The molecule has 1 heterocycles. The summed E-state index contributed by atoms with van der Waals surface area (Å²) in [5, 5.41) is 4.95. The van der Waals surface area contributed by atoms with E-state index < -0.39 is 0 Å². The van der Waals surface area contributed by atoms with Crippen molar-refractivity contribution in [1.82, 2.24) is 19.7 Å². The topological polar surface area (TPSA) is 77.0 Å². The largest absolute Gasteiger partial charge is 0.367 e. The molecule has 8 heteroatoms. The normalized spacial score (nSPS) is 10.6. The van der Waals surface area contributed by atoms with E-state index in [0.717, 1.165) is 5.56 Å². The Morgan fingerprint density at radius 1 is 1.45 bits per heavy atom. The zero-order chi connectivity index (χ0) is 14.7. The molecule has 0 bridgehead atoms. The van der Waals surface area contributed by atoms with Gasteiger partial charge in [-0.1, -0.05) is 29.3 Å². The zero-order valence-corrected chi connectivity index (χ0v) is 12.3. The molecule has 0 spiro atoms. The van der Waals surface area contributed by atoms with Crippen molar-refractivity contribution < 1.29 is 4.79 Å². The summed E-state index contributed by atoms with van der Waals surface area (Å²) in [6.45, 7) is 0.463. The van der Waals surface area contributed by atoms with Gasteiger partial charge in [0.25, 0.3) is 0 Å². The molecule has 0 saturated heterocycles. The summed E-state index contributed by atoms with van der Waals surface area (Å²) in [6.07, 6.45) is 1.41. The maximum atomic E-state index is 12.0. The Bertz CT molecular complexity index is 628. The van der Waals surface area contributed by atoms with Crippen molar-refractivity contribution in [3.05, 3.63) is 40.1 Å². The fraction of sp³-hybridized carbons (Fsp3) is 0.250. The van der Waals surface area contributed by atoms with E-state index in [1.54, 1.807) is 30.1 Å². The third-order valence-electron chi connectivity index (χ3n) is 2.70. The maximum absolute atomic E-state index is 12.0. The molecule has 106 valence electrons. The molecule has 6 nitrogen and oxygen atoms in total. The highest BCUT2D eigenvalue weighted by Crippen LogP contribution is 2.22. The van der Waals surface area contributed by atoms with Gasteiger partial charge in [0.05, 0.1) is 0 Å². The van der Waals surface area contributed by atoms with Gasteiger partial charge in [-0.2, -0.15) is 0 Å². The average molecular weight is 314 g/mol. The molecule has 0 aliphatic carbocycles. The first-order chi connectivity index (χ1) is 9.45. The second-order valence-electron chi connectivity index (χ2n) is 4.29. The van der Waals surface area contributed by atoms with Crippen LogP contribution in [0.4, 0.5) is 5.95 Å². The summed E-state index contributed by atoms with van der Waals surface area (Å²) < 4.78 is 1.39. The first-order valence-corrected chi connectivity index (χ1v) is 6.54. The Morgan fingerprint density at radius 2 is 2.20 bits per heavy atom. The lowest BCUT2D eigenvalue weighted by atomic mass is 10.2. The summed E-state index contributed by atoms with van der Waals surface area (Å²) in [6, 6.07) is 5.18. The molecule has 0 radical (unpaired) electrons. The van der Waals surface area contributed by atoms with Gasteiger partial charge in [-0.25, -0.2) is 9.67 Å². The van der Waals surface area contributed by atoms with Crippen molar-refractivity contribution in [1.29, 1.82) is 0 Å². The van der Waals surface area contributed by atoms with Crippen LogP contribution < -0.4 is 5.73 Å². The molecular formula is C12H13Cl2N5O. The Hall–Kier alpha value is -1.79. The van der Waals surface area contributed by atoms with E-state index in [2.05, 4.69) is 10.1 Å². The molecule has 0 unspecified atom stereocenters. The van der Waals surface area contributed by atoms with Crippen LogP contribution in [0, 0.1) is 0 Å². The molecule has 0 atom stereocenters. The Kier molecular flexibility index (Phi) is 4.46. The van der Waals surface area contributed by atoms with E-state index in [4.69, 9.17) is 28.9 Å². The number of hydrogen-bond acceptors (Lipinski definition) is 4. The molecule has 1 aromatic carbocycles. The minimum atomic E-state index is -0.124. The van der Waals surface area contributed by atoms with Crippen LogP contribution in [0.2, 0.25) is 10.0 Å². The standard InChI is InChI=1S/C12H13Cl2N5O/c1-18(5-8-2-3-9(13)4-10(8)14)11(20)6-19-7-16-12(15)17-19/h2-4,7H,5-6H2,1H3,(H2,15,17).